The molecule has 5 nitrogen and oxygen atoms in total. The highest BCUT2D eigenvalue weighted by atomic mass is 35.5. The topological polar surface area (TPSA) is 72.4 Å². The number of hydrogen-bond acceptors (Lipinski definition) is 4. The number of benzene rings is 1. The van der Waals surface area contributed by atoms with Crippen LogP contribution in [0.1, 0.15) is 24.8 Å². The molecule has 3 unspecified atom stereocenters. The fourth-order valence-electron chi connectivity index (χ4n) is 3.79. The van der Waals surface area contributed by atoms with Crippen molar-refractivity contribution in [1.82, 2.24) is 4.90 Å². The molecule has 122 valence electrons. The fraction of sp³-hybridized carbons (Fsp3) is 0.600. The molecule has 0 aromatic heterocycles. The summed E-state index contributed by atoms with van der Waals surface area (Å²) < 4.78 is 0. The lowest BCUT2D eigenvalue weighted by Gasteiger charge is -2.29. The molecule has 3 rings (SSSR count). The van der Waals surface area contributed by atoms with Crippen molar-refractivity contribution in [1.29, 1.82) is 0 Å². The van der Waals surface area contributed by atoms with Crippen molar-refractivity contribution in [2.75, 3.05) is 13.1 Å². The van der Waals surface area contributed by atoms with Crippen LogP contribution >= 0.6 is 24.0 Å². The zero-order chi connectivity index (χ0) is 15.0. The fourth-order valence-corrected chi connectivity index (χ4v) is 4.07. The van der Waals surface area contributed by atoms with Crippen LogP contribution in [-0.4, -0.2) is 29.0 Å². The van der Waals surface area contributed by atoms with Gasteiger partial charge in [0.05, 0.1) is 4.92 Å². The molecule has 1 heterocycles. The summed E-state index contributed by atoms with van der Waals surface area (Å²) in [5.41, 5.74) is 7.23. The van der Waals surface area contributed by atoms with Gasteiger partial charge in [-0.05, 0) is 36.3 Å². The Hall–Kier alpha value is -0.880. The maximum Gasteiger partial charge on any atom is 0.287 e. The standard InChI is InChI=1S/C15H20ClN3O2.ClH/c16-13-6-10(4-5-15(13)19(20)21)7-18-8-11-2-1-3-14(17)12(11)9-18;/h4-6,11-12,14H,1-3,7-9,17H2;1H. The summed E-state index contributed by atoms with van der Waals surface area (Å²) in [6.07, 6.45) is 3.65. The Morgan fingerprint density at radius 2 is 2.14 bits per heavy atom. The van der Waals surface area contributed by atoms with E-state index in [9.17, 15) is 10.1 Å². The second-order valence-electron chi connectivity index (χ2n) is 6.26. The molecule has 2 fully saturated rings. The third kappa shape index (κ3) is 3.54. The number of likely N-dealkylation sites (tertiary alicyclic amines) is 1. The van der Waals surface area contributed by atoms with Gasteiger partial charge in [0.15, 0.2) is 0 Å². The average molecular weight is 346 g/mol. The second kappa shape index (κ2) is 7.13. The van der Waals surface area contributed by atoms with Crippen LogP contribution in [0.2, 0.25) is 5.02 Å². The van der Waals surface area contributed by atoms with Crippen molar-refractivity contribution >= 4 is 29.7 Å². The van der Waals surface area contributed by atoms with Crippen molar-refractivity contribution in [2.24, 2.45) is 17.6 Å². The number of rotatable bonds is 3. The van der Waals surface area contributed by atoms with Crippen molar-refractivity contribution in [3.63, 3.8) is 0 Å². The Kier molecular flexibility index (Phi) is 5.66. The minimum atomic E-state index is -0.449. The first-order valence-electron chi connectivity index (χ1n) is 7.45. The third-order valence-electron chi connectivity index (χ3n) is 4.84. The molecule has 22 heavy (non-hydrogen) atoms. The van der Waals surface area contributed by atoms with Crippen LogP contribution < -0.4 is 5.73 Å². The summed E-state index contributed by atoms with van der Waals surface area (Å²) in [6, 6.07) is 5.33. The molecule has 1 aliphatic carbocycles. The van der Waals surface area contributed by atoms with Crippen molar-refractivity contribution in [3.05, 3.63) is 38.9 Å². The van der Waals surface area contributed by atoms with E-state index in [0.29, 0.717) is 17.9 Å². The molecule has 1 aromatic carbocycles. The predicted molar refractivity (Wildman–Crippen MR) is 89.4 cm³/mol. The molecule has 1 aromatic rings. The lowest BCUT2D eigenvalue weighted by Crippen LogP contribution is -2.38. The smallest absolute Gasteiger partial charge is 0.287 e. The quantitative estimate of drug-likeness (QED) is 0.674. The van der Waals surface area contributed by atoms with E-state index in [1.807, 2.05) is 0 Å². The number of hydrogen-bond donors (Lipinski definition) is 1. The van der Waals surface area contributed by atoms with Crippen LogP contribution in [0, 0.1) is 22.0 Å². The van der Waals surface area contributed by atoms with Crippen molar-refractivity contribution in [2.45, 2.75) is 31.8 Å². The van der Waals surface area contributed by atoms with Gasteiger partial charge < -0.3 is 5.73 Å². The van der Waals surface area contributed by atoms with Gasteiger partial charge in [0.2, 0.25) is 0 Å². The van der Waals surface area contributed by atoms with Crippen LogP contribution in [0.4, 0.5) is 5.69 Å². The van der Waals surface area contributed by atoms with Crippen LogP contribution in [0.25, 0.3) is 0 Å². The third-order valence-corrected chi connectivity index (χ3v) is 5.15. The molecule has 0 amide bonds. The van der Waals surface area contributed by atoms with Gasteiger partial charge in [-0.2, -0.15) is 0 Å². The van der Waals surface area contributed by atoms with Gasteiger partial charge in [0.25, 0.3) is 5.69 Å². The number of halogens is 2. The number of nitro groups is 1. The van der Waals surface area contributed by atoms with E-state index in [1.165, 1.54) is 18.9 Å². The molecular weight excluding hydrogens is 325 g/mol. The van der Waals surface area contributed by atoms with Crippen LogP contribution in [-0.2, 0) is 6.54 Å². The zero-order valence-corrected chi connectivity index (χ0v) is 13.9. The van der Waals surface area contributed by atoms with Gasteiger partial charge in [-0.25, -0.2) is 0 Å². The predicted octanol–water partition coefficient (Wildman–Crippen LogP) is 3.23. The summed E-state index contributed by atoms with van der Waals surface area (Å²) in [4.78, 5) is 12.7. The molecule has 2 aliphatic rings. The van der Waals surface area contributed by atoms with Gasteiger partial charge >= 0.3 is 0 Å². The minimum Gasteiger partial charge on any atom is -0.327 e. The summed E-state index contributed by atoms with van der Waals surface area (Å²) in [7, 11) is 0. The summed E-state index contributed by atoms with van der Waals surface area (Å²) >= 11 is 5.97. The van der Waals surface area contributed by atoms with E-state index in [2.05, 4.69) is 4.90 Å². The van der Waals surface area contributed by atoms with Crippen molar-refractivity contribution in [3.8, 4) is 0 Å². The molecule has 0 bridgehead atoms. The zero-order valence-electron chi connectivity index (χ0n) is 12.3. The van der Waals surface area contributed by atoms with Gasteiger partial charge in [-0.15, -0.1) is 12.4 Å². The summed E-state index contributed by atoms with van der Waals surface area (Å²) in [6.45, 7) is 2.89. The number of fused-ring (bicyclic) bond motifs is 1. The molecule has 0 radical (unpaired) electrons. The normalized spacial score (nSPS) is 28.0. The van der Waals surface area contributed by atoms with Crippen LogP contribution in [0.5, 0.6) is 0 Å². The van der Waals surface area contributed by atoms with E-state index < -0.39 is 4.92 Å². The van der Waals surface area contributed by atoms with Gasteiger partial charge in [0.1, 0.15) is 5.02 Å². The van der Waals surface area contributed by atoms with Gasteiger partial charge in [-0.1, -0.05) is 24.1 Å². The monoisotopic (exact) mass is 345 g/mol. The molecule has 1 saturated carbocycles. The Balaban J connectivity index is 0.00000176. The van der Waals surface area contributed by atoms with E-state index in [1.54, 1.807) is 12.1 Å². The Morgan fingerprint density at radius 1 is 1.36 bits per heavy atom. The Labute approximate surface area is 141 Å². The molecule has 2 N–H and O–H groups in total. The molecule has 3 atom stereocenters. The summed E-state index contributed by atoms with van der Waals surface area (Å²) in [5, 5.41) is 11.0. The molecular formula is C15H21Cl2N3O2. The first-order valence-corrected chi connectivity index (χ1v) is 7.83. The highest BCUT2D eigenvalue weighted by molar-refractivity contribution is 6.32. The van der Waals surface area contributed by atoms with Gasteiger partial charge in [-0.3, -0.25) is 15.0 Å². The summed E-state index contributed by atoms with van der Waals surface area (Å²) in [5.74, 6) is 1.31. The number of nitrogens with zero attached hydrogens (tertiary/aromatic N) is 2. The molecule has 1 aliphatic heterocycles. The van der Waals surface area contributed by atoms with Crippen molar-refractivity contribution < 1.29 is 4.92 Å². The molecule has 1 saturated heterocycles. The van der Waals surface area contributed by atoms with Crippen LogP contribution in [0.3, 0.4) is 0 Å². The lowest BCUT2D eigenvalue weighted by atomic mass is 9.78. The lowest BCUT2D eigenvalue weighted by molar-refractivity contribution is -0.384. The number of nitro benzene ring substituents is 1. The maximum absolute atomic E-state index is 10.8. The highest BCUT2D eigenvalue weighted by Gasteiger charge is 2.38. The highest BCUT2D eigenvalue weighted by Crippen LogP contribution is 2.36. The van der Waals surface area contributed by atoms with Crippen LogP contribution in [0.15, 0.2) is 18.2 Å². The van der Waals surface area contributed by atoms with E-state index in [4.69, 9.17) is 17.3 Å². The second-order valence-corrected chi connectivity index (χ2v) is 6.66. The average Bonchev–Trinajstić information content (AvgIpc) is 2.82. The first-order chi connectivity index (χ1) is 10.0. The van der Waals surface area contributed by atoms with E-state index >= 15 is 0 Å². The number of nitrogens with two attached hydrogens (primary N) is 1. The van der Waals surface area contributed by atoms with E-state index in [0.717, 1.165) is 31.6 Å². The van der Waals surface area contributed by atoms with Gasteiger partial charge in [0, 0.05) is 31.7 Å². The van der Waals surface area contributed by atoms with E-state index in [-0.39, 0.29) is 23.1 Å². The first kappa shape index (κ1) is 17.5. The largest absolute Gasteiger partial charge is 0.327 e. The Bertz CT molecular complexity index is 556. The maximum atomic E-state index is 10.8. The minimum absolute atomic E-state index is 0. The SMILES string of the molecule is Cl.NC1CCCC2CN(Cc3ccc([N+](=O)[O-])c(Cl)c3)CC12. The molecule has 0 spiro atoms. The molecule has 7 heteroatoms. The Morgan fingerprint density at radius 3 is 2.77 bits per heavy atom.